The lowest BCUT2D eigenvalue weighted by atomic mass is 9.85. The largest absolute Gasteiger partial charge is 0.387 e. The summed E-state index contributed by atoms with van der Waals surface area (Å²) in [7, 11) is 2.66. The van der Waals surface area contributed by atoms with Crippen molar-refractivity contribution in [3.05, 3.63) is 0 Å². The number of ether oxygens (including phenoxy) is 2. The van der Waals surface area contributed by atoms with Gasteiger partial charge in [-0.2, -0.15) is 0 Å². The molecule has 1 rings (SSSR count). The summed E-state index contributed by atoms with van der Waals surface area (Å²) in [6.07, 6.45) is -7.11. The van der Waals surface area contributed by atoms with Crippen LogP contribution in [0.25, 0.3) is 0 Å². The van der Waals surface area contributed by atoms with E-state index in [9.17, 15) is 20.4 Å². The fraction of sp³-hybridized carbons (Fsp3) is 1.00. The van der Waals surface area contributed by atoms with Crippen molar-refractivity contribution in [2.24, 2.45) is 0 Å². The van der Waals surface area contributed by atoms with Crippen LogP contribution >= 0.6 is 0 Å². The second kappa shape index (κ2) is 4.52. The Kier molecular flexibility index (Phi) is 3.82. The van der Waals surface area contributed by atoms with Crippen molar-refractivity contribution in [1.82, 2.24) is 0 Å². The molecule has 1 aliphatic rings. The van der Waals surface area contributed by atoms with Gasteiger partial charge in [0.1, 0.15) is 36.6 Å². The lowest BCUT2D eigenvalue weighted by molar-refractivity contribution is -0.235. The maximum atomic E-state index is 9.50. The van der Waals surface area contributed by atoms with E-state index in [1.807, 2.05) is 0 Å². The van der Waals surface area contributed by atoms with Gasteiger partial charge in [0.25, 0.3) is 0 Å². The van der Waals surface area contributed by atoms with Crippen LogP contribution in [-0.4, -0.2) is 71.3 Å². The molecule has 84 valence electrons. The second-order valence-corrected chi connectivity index (χ2v) is 3.36. The maximum Gasteiger partial charge on any atom is 0.114 e. The van der Waals surface area contributed by atoms with Crippen molar-refractivity contribution in [1.29, 1.82) is 0 Å². The van der Waals surface area contributed by atoms with E-state index < -0.39 is 36.6 Å². The fourth-order valence-electron chi connectivity index (χ4n) is 1.73. The molecule has 0 radical (unpaired) electrons. The minimum Gasteiger partial charge on any atom is -0.387 e. The molecule has 0 unspecified atom stereocenters. The number of hydrogen-bond donors (Lipinski definition) is 4. The Balaban J connectivity index is 2.84. The predicted octanol–water partition coefficient (Wildman–Crippen LogP) is -2.53. The summed E-state index contributed by atoms with van der Waals surface area (Å²) in [5, 5.41) is 37.7. The number of aliphatic hydroxyl groups excluding tert-OH is 4. The summed E-state index contributed by atoms with van der Waals surface area (Å²) in [6, 6.07) is 0. The van der Waals surface area contributed by atoms with Crippen LogP contribution in [0, 0.1) is 0 Å². The summed E-state index contributed by atoms with van der Waals surface area (Å²) in [5.74, 6) is 0. The standard InChI is InChI=1S/C8H16O6/c1-13-7-5(11)3(9)4(10)6(12)8(7)14-2/h3-12H,1-2H3/t3-,4+,5+,6-,7-,8-/m1/s1. The van der Waals surface area contributed by atoms with Crippen LogP contribution in [0.15, 0.2) is 0 Å². The predicted molar refractivity (Wildman–Crippen MR) is 45.6 cm³/mol. The third-order valence-corrected chi connectivity index (χ3v) is 2.59. The van der Waals surface area contributed by atoms with Gasteiger partial charge in [-0.3, -0.25) is 0 Å². The van der Waals surface area contributed by atoms with Gasteiger partial charge >= 0.3 is 0 Å². The van der Waals surface area contributed by atoms with Crippen LogP contribution in [0.1, 0.15) is 0 Å². The molecule has 0 aliphatic heterocycles. The first-order chi connectivity index (χ1) is 6.54. The van der Waals surface area contributed by atoms with Gasteiger partial charge in [0.15, 0.2) is 0 Å². The van der Waals surface area contributed by atoms with Gasteiger partial charge in [0, 0.05) is 14.2 Å². The van der Waals surface area contributed by atoms with Crippen molar-refractivity contribution in [3.63, 3.8) is 0 Å². The van der Waals surface area contributed by atoms with Crippen LogP contribution in [0.2, 0.25) is 0 Å². The van der Waals surface area contributed by atoms with E-state index in [-0.39, 0.29) is 0 Å². The molecule has 6 heteroatoms. The minimum absolute atomic E-state index is 0.853. The van der Waals surface area contributed by atoms with Gasteiger partial charge in [0.05, 0.1) is 0 Å². The first kappa shape index (κ1) is 11.8. The Labute approximate surface area is 81.7 Å². The lowest BCUT2D eigenvalue weighted by Crippen LogP contribution is -2.64. The first-order valence-corrected chi connectivity index (χ1v) is 4.32. The van der Waals surface area contributed by atoms with Crippen molar-refractivity contribution < 1.29 is 29.9 Å². The SMILES string of the molecule is CO[C@@H]1[C@H](O)[C@@H](O)[C@@H](O)[C@H](O)[C@H]1OC. The maximum absolute atomic E-state index is 9.50. The van der Waals surface area contributed by atoms with Gasteiger partial charge in [0.2, 0.25) is 0 Å². The monoisotopic (exact) mass is 208 g/mol. The molecule has 1 aliphatic carbocycles. The zero-order valence-electron chi connectivity index (χ0n) is 8.07. The smallest absolute Gasteiger partial charge is 0.114 e. The average Bonchev–Trinajstić information content (AvgIpc) is 2.20. The molecule has 1 fully saturated rings. The fourth-order valence-corrected chi connectivity index (χ4v) is 1.73. The molecule has 0 aromatic carbocycles. The van der Waals surface area contributed by atoms with E-state index in [4.69, 9.17) is 9.47 Å². The second-order valence-electron chi connectivity index (χ2n) is 3.36. The summed E-state index contributed by atoms with van der Waals surface area (Å²) in [4.78, 5) is 0. The molecular formula is C8H16O6. The van der Waals surface area contributed by atoms with Gasteiger partial charge in [-0.05, 0) is 0 Å². The topological polar surface area (TPSA) is 99.4 Å². The molecule has 4 N–H and O–H groups in total. The third-order valence-electron chi connectivity index (χ3n) is 2.59. The van der Waals surface area contributed by atoms with Crippen LogP contribution in [0.3, 0.4) is 0 Å². The highest BCUT2D eigenvalue weighted by atomic mass is 16.6. The zero-order chi connectivity index (χ0) is 10.9. The molecule has 0 bridgehead atoms. The van der Waals surface area contributed by atoms with Crippen molar-refractivity contribution in [2.45, 2.75) is 36.6 Å². The lowest BCUT2D eigenvalue weighted by Gasteiger charge is -2.42. The summed E-state index contributed by atoms with van der Waals surface area (Å²) >= 11 is 0. The van der Waals surface area contributed by atoms with Gasteiger partial charge in [-0.15, -0.1) is 0 Å². The molecular weight excluding hydrogens is 192 g/mol. The van der Waals surface area contributed by atoms with Crippen LogP contribution < -0.4 is 0 Å². The van der Waals surface area contributed by atoms with E-state index in [1.54, 1.807) is 0 Å². The molecule has 0 amide bonds. The van der Waals surface area contributed by atoms with E-state index in [0.29, 0.717) is 0 Å². The van der Waals surface area contributed by atoms with Crippen LogP contribution in [-0.2, 0) is 9.47 Å². The molecule has 0 aromatic heterocycles. The van der Waals surface area contributed by atoms with Crippen molar-refractivity contribution in [3.8, 4) is 0 Å². The van der Waals surface area contributed by atoms with Crippen molar-refractivity contribution >= 4 is 0 Å². The van der Waals surface area contributed by atoms with E-state index in [0.717, 1.165) is 0 Å². The number of rotatable bonds is 2. The summed E-state index contributed by atoms with van der Waals surface area (Å²) < 4.78 is 9.78. The van der Waals surface area contributed by atoms with Gasteiger partial charge < -0.3 is 29.9 Å². The summed E-state index contributed by atoms with van der Waals surface area (Å²) in [5.41, 5.74) is 0. The number of hydrogen-bond acceptors (Lipinski definition) is 6. The normalized spacial score (nSPS) is 49.3. The van der Waals surface area contributed by atoms with E-state index in [1.165, 1.54) is 14.2 Å². The molecule has 0 spiro atoms. The zero-order valence-corrected chi connectivity index (χ0v) is 8.07. The quantitative estimate of drug-likeness (QED) is 0.399. The Morgan fingerprint density at radius 2 is 0.929 bits per heavy atom. The van der Waals surface area contributed by atoms with E-state index in [2.05, 4.69) is 0 Å². The molecule has 0 saturated heterocycles. The number of aliphatic hydroxyl groups is 4. The molecule has 6 nitrogen and oxygen atoms in total. The van der Waals surface area contributed by atoms with Gasteiger partial charge in [-0.1, -0.05) is 0 Å². The highest BCUT2D eigenvalue weighted by Crippen LogP contribution is 2.25. The number of methoxy groups -OCH3 is 2. The van der Waals surface area contributed by atoms with Crippen LogP contribution in [0.4, 0.5) is 0 Å². The molecule has 0 aromatic rings. The van der Waals surface area contributed by atoms with Crippen LogP contribution in [0.5, 0.6) is 0 Å². The first-order valence-electron chi connectivity index (χ1n) is 4.32. The highest BCUT2D eigenvalue weighted by Gasteiger charge is 2.49. The molecule has 0 heterocycles. The Bertz CT molecular complexity index is 167. The minimum atomic E-state index is -1.43. The van der Waals surface area contributed by atoms with Crippen molar-refractivity contribution in [2.75, 3.05) is 14.2 Å². The van der Waals surface area contributed by atoms with E-state index >= 15 is 0 Å². The molecule has 6 atom stereocenters. The average molecular weight is 208 g/mol. The molecule has 1 saturated carbocycles. The Morgan fingerprint density at radius 3 is 1.14 bits per heavy atom. The Morgan fingerprint density at radius 1 is 0.643 bits per heavy atom. The Hall–Kier alpha value is -0.240. The van der Waals surface area contributed by atoms with Gasteiger partial charge in [-0.25, -0.2) is 0 Å². The summed E-state index contributed by atoms with van der Waals surface area (Å²) in [6.45, 7) is 0. The molecule has 14 heavy (non-hydrogen) atoms. The highest BCUT2D eigenvalue weighted by molar-refractivity contribution is 4.99. The third kappa shape index (κ3) is 1.77.